The second-order valence-corrected chi connectivity index (χ2v) is 2.66. The van der Waals surface area contributed by atoms with Gasteiger partial charge < -0.3 is 9.84 Å². The molecule has 0 aliphatic rings. The van der Waals surface area contributed by atoms with E-state index in [0.717, 1.165) is 6.07 Å². The highest BCUT2D eigenvalue weighted by atomic mass is 35.5. The highest BCUT2D eigenvalue weighted by Gasteiger charge is 2.09. The van der Waals surface area contributed by atoms with Gasteiger partial charge in [-0.25, -0.2) is 4.39 Å². The fourth-order valence-electron chi connectivity index (χ4n) is 0.915. The van der Waals surface area contributed by atoms with Crippen molar-refractivity contribution in [3.8, 4) is 5.75 Å². The molecule has 0 aliphatic carbocycles. The normalized spacial score (nSPS) is 10.0. The van der Waals surface area contributed by atoms with Crippen LogP contribution in [-0.2, 0) is 6.61 Å². The summed E-state index contributed by atoms with van der Waals surface area (Å²) < 4.78 is 17.8. The first-order chi connectivity index (χ1) is 5.69. The number of methoxy groups -OCH3 is 1. The topological polar surface area (TPSA) is 29.5 Å². The van der Waals surface area contributed by atoms with E-state index in [1.165, 1.54) is 13.2 Å². The molecule has 2 nitrogen and oxygen atoms in total. The van der Waals surface area contributed by atoms with Crippen molar-refractivity contribution in [3.63, 3.8) is 0 Å². The van der Waals surface area contributed by atoms with E-state index in [9.17, 15) is 4.39 Å². The SMILES string of the molecule is COc1cc(Cl)cc(F)c1CO. The average molecular weight is 191 g/mol. The van der Waals surface area contributed by atoms with Gasteiger partial charge in [-0.3, -0.25) is 0 Å². The molecule has 66 valence electrons. The van der Waals surface area contributed by atoms with Crippen LogP contribution in [0.2, 0.25) is 5.02 Å². The summed E-state index contributed by atoms with van der Waals surface area (Å²) in [6.45, 7) is -0.397. The fourth-order valence-corrected chi connectivity index (χ4v) is 1.11. The minimum atomic E-state index is -0.554. The Labute approximate surface area is 74.5 Å². The lowest BCUT2D eigenvalue weighted by atomic mass is 10.2. The second-order valence-electron chi connectivity index (χ2n) is 2.23. The summed E-state index contributed by atoms with van der Waals surface area (Å²) in [5.74, 6) is -0.288. The highest BCUT2D eigenvalue weighted by Crippen LogP contribution is 2.25. The van der Waals surface area contributed by atoms with E-state index in [-0.39, 0.29) is 16.3 Å². The molecule has 0 bridgehead atoms. The van der Waals surface area contributed by atoms with Gasteiger partial charge in [0.15, 0.2) is 0 Å². The van der Waals surface area contributed by atoms with Crippen LogP contribution in [0.25, 0.3) is 0 Å². The molecular weight excluding hydrogens is 183 g/mol. The van der Waals surface area contributed by atoms with Crippen molar-refractivity contribution in [2.75, 3.05) is 7.11 Å². The van der Waals surface area contributed by atoms with Gasteiger partial charge in [0, 0.05) is 5.02 Å². The van der Waals surface area contributed by atoms with E-state index in [0.29, 0.717) is 0 Å². The third-order valence-electron chi connectivity index (χ3n) is 1.50. The second kappa shape index (κ2) is 3.74. The Hall–Kier alpha value is -0.800. The lowest BCUT2D eigenvalue weighted by Gasteiger charge is -2.06. The van der Waals surface area contributed by atoms with Gasteiger partial charge in [0.25, 0.3) is 0 Å². The van der Waals surface area contributed by atoms with Crippen LogP contribution in [0.4, 0.5) is 4.39 Å². The Morgan fingerprint density at radius 3 is 2.75 bits per heavy atom. The van der Waals surface area contributed by atoms with Crippen LogP contribution in [0.3, 0.4) is 0 Å². The molecule has 1 aromatic rings. The van der Waals surface area contributed by atoms with Gasteiger partial charge in [0.05, 0.1) is 19.3 Å². The van der Waals surface area contributed by atoms with E-state index >= 15 is 0 Å². The third kappa shape index (κ3) is 1.68. The van der Waals surface area contributed by atoms with Gasteiger partial charge in [-0.15, -0.1) is 0 Å². The van der Waals surface area contributed by atoms with Crippen LogP contribution in [0.15, 0.2) is 12.1 Å². The Balaban J connectivity index is 3.24. The maximum absolute atomic E-state index is 13.0. The van der Waals surface area contributed by atoms with Crippen molar-refractivity contribution in [1.82, 2.24) is 0 Å². The summed E-state index contributed by atoms with van der Waals surface area (Å²) in [6.07, 6.45) is 0. The van der Waals surface area contributed by atoms with Crippen LogP contribution in [0.5, 0.6) is 5.75 Å². The van der Waals surface area contributed by atoms with Crippen molar-refractivity contribution in [2.45, 2.75) is 6.61 Å². The van der Waals surface area contributed by atoms with E-state index in [1.807, 2.05) is 0 Å². The van der Waals surface area contributed by atoms with Crippen molar-refractivity contribution in [3.05, 3.63) is 28.5 Å². The molecule has 0 heterocycles. The Kier molecular flexibility index (Phi) is 2.89. The molecule has 0 spiro atoms. The quantitative estimate of drug-likeness (QED) is 0.773. The molecule has 0 aromatic heterocycles. The lowest BCUT2D eigenvalue weighted by Crippen LogP contribution is -1.95. The van der Waals surface area contributed by atoms with Crippen LogP contribution >= 0.6 is 11.6 Å². The fraction of sp³-hybridized carbons (Fsp3) is 0.250. The van der Waals surface area contributed by atoms with Gasteiger partial charge in [-0.1, -0.05) is 11.6 Å². The third-order valence-corrected chi connectivity index (χ3v) is 1.72. The largest absolute Gasteiger partial charge is 0.496 e. The standard InChI is InChI=1S/C8H8ClFO2/c1-12-8-3-5(9)2-7(10)6(8)4-11/h2-3,11H,4H2,1H3. The first-order valence-corrected chi connectivity index (χ1v) is 3.69. The Morgan fingerprint density at radius 2 is 2.25 bits per heavy atom. The molecule has 1 aromatic carbocycles. The molecule has 4 heteroatoms. The van der Waals surface area contributed by atoms with Crippen molar-refractivity contribution >= 4 is 11.6 Å². The Morgan fingerprint density at radius 1 is 1.58 bits per heavy atom. The number of aliphatic hydroxyl groups excluding tert-OH is 1. The molecule has 0 atom stereocenters. The zero-order valence-electron chi connectivity index (χ0n) is 6.47. The van der Waals surface area contributed by atoms with Crippen LogP contribution < -0.4 is 4.74 Å². The van der Waals surface area contributed by atoms with Crippen LogP contribution in [0, 0.1) is 5.82 Å². The summed E-state index contributed by atoms with van der Waals surface area (Å²) >= 11 is 5.56. The zero-order chi connectivity index (χ0) is 9.14. The summed E-state index contributed by atoms with van der Waals surface area (Å²) in [7, 11) is 1.39. The number of hydrogen-bond donors (Lipinski definition) is 1. The van der Waals surface area contributed by atoms with E-state index in [1.54, 1.807) is 0 Å². The molecule has 0 aliphatic heterocycles. The molecule has 0 fully saturated rings. The van der Waals surface area contributed by atoms with E-state index < -0.39 is 12.4 Å². The van der Waals surface area contributed by atoms with Gasteiger partial charge in [-0.2, -0.15) is 0 Å². The number of hydrogen-bond acceptors (Lipinski definition) is 2. The lowest BCUT2D eigenvalue weighted by molar-refractivity contribution is 0.267. The number of benzene rings is 1. The molecule has 1 N–H and O–H groups in total. The maximum atomic E-state index is 13.0. The number of ether oxygens (including phenoxy) is 1. The molecule has 0 saturated carbocycles. The number of halogens is 2. The van der Waals surface area contributed by atoms with E-state index in [2.05, 4.69) is 0 Å². The first-order valence-electron chi connectivity index (χ1n) is 3.31. The van der Waals surface area contributed by atoms with Gasteiger partial charge in [-0.05, 0) is 12.1 Å². The smallest absolute Gasteiger partial charge is 0.133 e. The monoisotopic (exact) mass is 190 g/mol. The summed E-state index contributed by atoms with van der Waals surface area (Å²) in [6, 6.07) is 2.59. The van der Waals surface area contributed by atoms with Gasteiger partial charge in [0.1, 0.15) is 11.6 Å². The van der Waals surface area contributed by atoms with Crippen molar-refractivity contribution < 1.29 is 14.2 Å². The molecule has 0 radical (unpaired) electrons. The zero-order valence-corrected chi connectivity index (χ0v) is 7.23. The minimum Gasteiger partial charge on any atom is -0.496 e. The molecular formula is C8H8ClFO2. The molecule has 0 amide bonds. The van der Waals surface area contributed by atoms with E-state index in [4.69, 9.17) is 21.4 Å². The highest BCUT2D eigenvalue weighted by molar-refractivity contribution is 6.30. The first kappa shape index (κ1) is 9.29. The summed E-state index contributed by atoms with van der Waals surface area (Å²) in [4.78, 5) is 0. The maximum Gasteiger partial charge on any atom is 0.133 e. The van der Waals surface area contributed by atoms with Crippen LogP contribution in [-0.4, -0.2) is 12.2 Å². The minimum absolute atomic E-state index is 0.127. The van der Waals surface area contributed by atoms with Crippen molar-refractivity contribution in [1.29, 1.82) is 0 Å². The van der Waals surface area contributed by atoms with Crippen LogP contribution in [0.1, 0.15) is 5.56 Å². The number of aliphatic hydroxyl groups is 1. The molecule has 1 rings (SSSR count). The number of rotatable bonds is 2. The average Bonchev–Trinajstić information content (AvgIpc) is 2.03. The molecule has 0 saturated heterocycles. The van der Waals surface area contributed by atoms with Crippen molar-refractivity contribution in [2.24, 2.45) is 0 Å². The summed E-state index contributed by atoms with van der Waals surface area (Å²) in [5, 5.41) is 9.01. The molecule has 0 unspecified atom stereocenters. The summed E-state index contributed by atoms with van der Waals surface area (Å²) in [5.41, 5.74) is 0.127. The molecule has 12 heavy (non-hydrogen) atoms. The van der Waals surface area contributed by atoms with Gasteiger partial charge in [0.2, 0.25) is 0 Å². The predicted molar refractivity (Wildman–Crippen MR) is 43.9 cm³/mol. The Bertz CT molecular complexity index is 289. The van der Waals surface area contributed by atoms with Gasteiger partial charge >= 0.3 is 0 Å². The predicted octanol–water partition coefficient (Wildman–Crippen LogP) is 1.98.